The molecular formula is C21H36O6. The number of rotatable bonds is 6. The molecule has 0 aliphatic heterocycles. The molecule has 0 aromatic heterocycles. The van der Waals surface area contributed by atoms with Gasteiger partial charge in [-0.2, -0.15) is 0 Å². The molecule has 27 heavy (non-hydrogen) atoms. The second-order valence-corrected chi connectivity index (χ2v) is 7.05. The first-order valence-corrected chi connectivity index (χ1v) is 8.81. The smallest absolute Gasteiger partial charge is 0.333 e. The van der Waals surface area contributed by atoms with Gasteiger partial charge in [-0.1, -0.05) is 52.8 Å². The van der Waals surface area contributed by atoms with Crippen molar-refractivity contribution in [3.05, 3.63) is 35.5 Å². The molecule has 0 saturated heterocycles. The van der Waals surface area contributed by atoms with Gasteiger partial charge in [-0.25, -0.2) is 14.4 Å². The average molecular weight is 385 g/mol. The van der Waals surface area contributed by atoms with Crippen molar-refractivity contribution in [3.8, 4) is 0 Å². The standard InChI is InChI=1S/2C8H14O2.C5H8O2/c1-6(7(9)10)5-8(2,3)4;1-4-5-6-10-8(9)7(2)3;1-3-4(2)5(6)7/h5H,1-4H3,(H,9,10);2,4-6H2,1,3H3;3H,1-2H3,(H,6,7). The monoisotopic (exact) mass is 384 g/mol. The van der Waals surface area contributed by atoms with E-state index in [2.05, 4.69) is 13.5 Å². The second kappa shape index (κ2) is 15.9. The molecule has 6 nitrogen and oxygen atoms in total. The Morgan fingerprint density at radius 2 is 1.44 bits per heavy atom. The molecule has 0 bridgehead atoms. The quantitative estimate of drug-likeness (QED) is 0.379. The number of aliphatic carboxylic acids is 2. The Balaban J connectivity index is -0.000000326. The lowest BCUT2D eigenvalue weighted by Crippen LogP contribution is -2.05. The highest BCUT2D eigenvalue weighted by atomic mass is 16.5. The van der Waals surface area contributed by atoms with Crippen LogP contribution in [0.15, 0.2) is 35.5 Å². The molecule has 0 rings (SSSR count). The molecule has 0 unspecified atom stereocenters. The zero-order valence-electron chi connectivity index (χ0n) is 18.0. The first-order valence-electron chi connectivity index (χ1n) is 8.81. The first kappa shape index (κ1) is 29.4. The van der Waals surface area contributed by atoms with E-state index in [4.69, 9.17) is 14.9 Å². The van der Waals surface area contributed by atoms with Crippen LogP contribution in [0.2, 0.25) is 0 Å². The lowest BCUT2D eigenvalue weighted by Gasteiger charge is -2.11. The fourth-order valence-electron chi connectivity index (χ4n) is 1.27. The molecule has 0 radical (unpaired) electrons. The molecule has 0 heterocycles. The molecule has 0 aliphatic carbocycles. The van der Waals surface area contributed by atoms with Gasteiger partial charge in [-0.05, 0) is 39.5 Å². The molecule has 0 aliphatic rings. The first-order chi connectivity index (χ1) is 12.2. The van der Waals surface area contributed by atoms with Gasteiger partial charge in [0, 0.05) is 16.7 Å². The number of carboxylic acid groups (broad SMARTS) is 2. The third-order valence-corrected chi connectivity index (χ3v) is 2.84. The number of hydrogen-bond donors (Lipinski definition) is 2. The minimum Gasteiger partial charge on any atom is -0.478 e. The van der Waals surface area contributed by atoms with Crippen molar-refractivity contribution in [1.82, 2.24) is 0 Å². The highest BCUT2D eigenvalue weighted by molar-refractivity contribution is 5.87. The maximum absolute atomic E-state index is 10.7. The van der Waals surface area contributed by atoms with Gasteiger partial charge in [0.25, 0.3) is 0 Å². The van der Waals surface area contributed by atoms with Crippen molar-refractivity contribution in [2.45, 2.75) is 68.2 Å². The van der Waals surface area contributed by atoms with Crippen molar-refractivity contribution in [2.24, 2.45) is 5.41 Å². The Kier molecular flexibility index (Phi) is 17.3. The van der Waals surface area contributed by atoms with Crippen LogP contribution >= 0.6 is 0 Å². The lowest BCUT2D eigenvalue weighted by molar-refractivity contribution is -0.139. The molecule has 2 N–H and O–H groups in total. The fourth-order valence-corrected chi connectivity index (χ4v) is 1.27. The van der Waals surface area contributed by atoms with Crippen molar-refractivity contribution >= 4 is 17.9 Å². The van der Waals surface area contributed by atoms with Crippen molar-refractivity contribution in [1.29, 1.82) is 0 Å². The maximum atomic E-state index is 10.7. The van der Waals surface area contributed by atoms with E-state index in [1.54, 1.807) is 39.8 Å². The normalized spacial score (nSPS) is 11.3. The number of unbranched alkanes of at least 4 members (excludes halogenated alkanes) is 1. The molecule has 0 amide bonds. The van der Waals surface area contributed by atoms with E-state index in [9.17, 15) is 14.4 Å². The summed E-state index contributed by atoms with van der Waals surface area (Å²) in [6.07, 6.45) is 5.28. The van der Waals surface area contributed by atoms with Gasteiger partial charge >= 0.3 is 17.9 Å². The molecule has 0 aromatic carbocycles. The van der Waals surface area contributed by atoms with Crippen LogP contribution in [0.4, 0.5) is 0 Å². The van der Waals surface area contributed by atoms with E-state index < -0.39 is 11.9 Å². The predicted octanol–water partition coefficient (Wildman–Crippen LogP) is 5.01. The molecule has 0 saturated carbocycles. The zero-order chi connectivity index (χ0) is 22.2. The summed E-state index contributed by atoms with van der Waals surface area (Å²) >= 11 is 0. The molecule has 0 aromatic rings. The van der Waals surface area contributed by atoms with Crippen LogP contribution in [0.25, 0.3) is 0 Å². The van der Waals surface area contributed by atoms with Crippen molar-refractivity contribution in [3.63, 3.8) is 0 Å². The molecule has 0 fully saturated rings. The number of ether oxygens (including phenoxy) is 1. The fraction of sp³-hybridized carbons (Fsp3) is 0.571. The predicted molar refractivity (Wildman–Crippen MR) is 109 cm³/mol. The van der Waals surface area contributed by atoms with Gasteiger partial charge in [0.15, 0.2) is 0 Å². The second-order valence-electron chi connectivity index (χ2n) is 7.05. The minimum absolute atomic E-state index is 0.0392. The van der Waals surface area contributed by atoms with Crippen molar-refractivity contribution in [2.75, 3.05) is 6.61 Å². The number of carboxylic acids is 2. The van der Waals surface area contributed by atoms with Gasteiger partial charge in [-0.3, -0.25) is 0 Å². The topological polar surface area (TPSA) is 101 Å². The third kappa shape index (κ3) is 23.6. The largest absolute Gasteiger partial charge is 0.478 e. The molecule has 156 valence electrons. The Labute approximate surface area is 163 Å². The van der Waals surface area contributed by atoms with E-state index in [0.29, 0.717) is 23.3 Å². The molecule has 6 heteroatoms. The van der Waals surface area contributed by atoms with Crippen LogP contribution in [0.3, 0.4) is 0 Å². The Morgan fingerprint density at radius 3 is 1.63 bits per heavy atom. The summed E-state index contributed by atoms with van der Waals surface area (Å²) in [5.41, 5.74) is 1.23. The lowest BCUT2D eigenvalue weighted by atomic mass is 9.94. The zero-order valence-corrected chi connectivity index (χ0v) is 18.0. The highest BCUT2D eigenvalue weighted by Crippen LogP contribution is 2.17. The summed E-state index contributed by atoms with van der Waals surface area (Å²) in [5, 5.41) is 16.6. The van der Waals surface area contributed by atoms with Gasteiger partial charge in [0.1, 0.15) is 0 Å². The minimum atomic E-state index is -0.845. The number of carbonyl (C=O) groups excluding carboxylic acids is 1. The van der Waals surface area contributed by atoms with E-state index in [-0.39, 0.29) is 11.4 Å². The Morgan fingerprint density at radius 1 is 1.00 bits per heavy atom. The van der Waals surface area contributed by atoms with E-state index >= 15 is 0 Å². The number of allylic oxidation sites excluding steroid dienone is 2. The summed E-state index contributed by atoms with van der Waals surface area (Å²) in [5.74, 6) is -1.97. The van der Waals surface area contributed by atoms with Crippen molar-refractivity contribution < 1.29 is 29.3 Å². The van der Waals surface area contributed by atoms with Gasteiger partial charge in [0.05, 0.1) is 6.61 Å². The summed E-state index contributed by atoms with van der Waals surface area (Å²) in [7, 11) is 0. The van der Waals surface area contributed by atoms with E-state index in [0.717, 1.165) is 12.8 Å². The number of carbonyl (C=O) groups is 3. The van der Waals surface area contributed by atoms with Gasteiger partial charge < -0.3 is 14.9 Å². The average Bonchev–Trinajstić information content (AvgIpc) is 2.53. The summed E-state index contributed by atoms with van der Waals surface area (Å²) in [4.78, 5) is 30.9. The SMILES string of the molecule is C=C(C)C(=O)OCCCC.CC(=CC(C)(C)C)C(=O)O.CC=C(C)C(=O)O. The third-order valence-electron chi connectivity index (χ3n) is 2.84. The van der Waals surface area contributed by atoms with Gasteiger partial charge in [0.2, 0.25) is 0 Å². The van der Waals surface area contributed by atoms with Crippen LogP contribution in [-0.4, -0.2) is 34.7 Å². The molecule has 0 spiro atoms. The maximum Gasteiger partial charge on any atom is 0.333 e. The molecular weight excluding hydrogens is 348 g/mol. The number of esters is 1. The van der Waals surface area contributed by atoms with Crippen LogP contribution < -0.4 is 0 Å². The Hall–Kier alpha value is -2.37. The number of hydrogen-bond acceptors (Lipinski definition) is 4. The summed E-state index contributed by atoms with van der Waals surface area (Å²) in [6.45, 7) is 18.4. The van der Waals surface area contributed by atoms with E-state index in [1.165, 1.54) is 0 Å². The van der Waals surface area contributed by atoms with E-state index in [1.807, 2.05) is 20.8 Å². The molecule has 0 atom stereocenters. The van der Waals surface area contributed by atoms with Crippen LogP contribution in [0.5, 0.6) is 0 Å². The van der Waals surface area contributed by atoms with Crippen LogP contribution in [-0.2, 0) is 19.1 Å². The Bertz CT molecular complexity index is 548. The summed E-state index contributed by atoms with van der Waals surface area (Å²) in [6, 6.07) is 0. The van der Waals surface area contributed by atoms with Crippen LogP contribution in [0.1, 0.15) is 68.2 Å². The highest BCUT2D eigenvalue weighted by Gasteiger charge is 2.09. The van der Waals surface area contributed by atoms with Crippen LogP contribution in [0, 0.1) is 5.41 Å². The summed E-state index contributed by atoms with van der Waals surface area (Å²) < 4.78 is 4.81. The van der Waals surface area contributed by atoms with Gasteiger partial charge in [-0.15, -0.1) is 0 Å².